The minimum absolute atomic E-state index is 0.0461. The highest BCUT2D eigenvalue weighted by atomic mass is 16.6. The Morgan fingerprint density at radius 1 is 1.58 bits per heavy atom. The molecule has 0 aliphatic rings. The van der Waals surface area contributed by atoms with Crippen molar-refractivity contribution < 1.29 is 4.92 Å². The highest BCUT2D eigenvalue weighted by Gasteiger charge is 2.05. The van der Waals surface area contributed by atoms with Gasteiger partial charge in [-0.1, -0.05) is 6.07 Å². The Kier molecular flexibility index (Phi) is 2.25. The number of benzene rings is 1. The maximum absolute atomic E-state index is 10.3. The summed E-state index contributed by atoms with van der Waals surface area (Å²) >= 11 is 0. The van der Waals surface area contributed by atoms with Crippen LogP contribution in [0.25, 0.3) is 0 Å². The van der Waals surface area contributed by atoms with Crippen LogP contribution < -0.4 is 10.9 Å². The fourth-order valence-corrected chi connectivity index (χ4v) is 0.826. The van der Waals surface area contributed by atoms with Gasteiger partial charge in [0, 0.05) is 19.2 Å². The summed E-state index contributed by atoms with van der Waals surface area (Å²) in [4.78, 5) is 9.87. The number of anilines is 1. The van der Waals surface area contributed by atoms with Crippen LogP contribution >= 0.6 is 0 Å². The van der Waals surface area contributed by atoms with E-state index in [9.17, 15) is 10.1 Å². The molecule has 0 unspecified atom stereocenters. The second-order valence-corrected chi connectivity index (χ2v) is 2.39. The molecule has 0 aromatic heterocycles. The molecular formula is C7H9N3O2. The van der Waals surface area contributed by atoms with Crippen molar-refractivity contribution in [3.8, 4) is 0 Å². The summed E-state index contributed by atoms with van der Waals surface area (Å²) in [5, 5.41) is 11.6. The Morgan fingerprint density at radius 2 is 2.25 bits per heavy atom. The van der Waals surface area contributed by atoms with Crippen molar-refractivity contribution in [1.29, 1.82) is 0 Å². The summed E-state index contributed by atoms with van der Waals surface area (Å²) in [6, 6.07) is 6.14. The van der Waals surface area contributed by atoms with E-state index >= 15 is 0 Å². The molecule has 0 saturated heterocycles. The third-order valence-corrected chi connectivity index (χ3v) is 1.45. The topological polar surface area (TPSA) is 72.4 Å². The maximum Gasteiger partial charge on any atom is 0.271 e. The van der Waals surface area contributed by atoms with Crippen LogP contribution in [0.15, 0.2) is 24.3 Å². The van der Waals surface area contributed by atoms with E-state index in [1.54, 1.807) is 19.2 Å². The van der Waals surface area contributed by atoms with Gasteiger partial charge in [-0.15, -0.1) is 0 Å². The molecule has 0 saturated carbocycles. The van der Waals surface area contributed by atoms with Crippen molar-refractivity contribution in [3.05, 3.63) is 34.4 Å². The molecular weight excluding hydrogens is 158 g/mol. The number of rotatable bonds is 2. The smallest absolute Gasteiger partial charge is 0.271 e. The predicted octanol–water partition coefficient (Wildman–Crippen LogP) is 0.905. The van der Waals surface area contributed by atoms with Crippen LogP contribution in [0, 0.1) is 10.1 Å². The van der Waals surface area contributed by atoms with E-state index in [0.717, 1.165) is 0 Å². The number of hydrogen-bond donors (Lipinski definition) is 1. The van der Waals surface area contributed by atoms with Crippen molar-refractivity contribution in [2.24, 2.45) is 5.84 Å². The largest absolute Gasteiger partial charge is 0.314 e. The molecule has 0 heterocycles. The number of non-ortho nitro benzene ring substituents is 1. The molecule has 0 radical (unpaired) electrons. The predicted molar refractivity (Wildman–Crippen MR) is 45.7 cm³/mol. The molecule has 2 N–H and O–H groups in total. The minimum Gasteiger partial charge on any atom is -0.314 e. The molecule has 12 heavy (non-hydrogen) atoms. The van der Waals surface area contributed by atoms with Gasteiger partial charge in [0.15, 0.2) is 0 Å². The van der Waals surface area contributed by atoms with Crippen molar-refractivity contribution in [2.75, 3.05) is 12.1 Å². The second-order valence-electron chi connectivity index (χ2n) is 2.39. The molecule has 0 fully saturated rings. The fraction of sp³-hybridized carbons (Fsp3) is 0.143. The van der Waals surface area contributed by atoms with Crippen LogP contribution in [0.2, 0.25) is 0 Å². The van der Waals surface area contributed by atoms with Crippen LogP contribution in [-0.4, -0.2) is 12.0 Å². The van der Waals surface area contributed by atoms with Crippen molar-refractivity contribution in [2.45, 2.75) is 0 Å². The standard InChI is InChI=1S/C7H9N3O2/c1-9(8)6-3-2-4-7(5-6)10(11)12/h2-5H,8H2,1H3. The van der Waals surface area contributed by atoms with Gasteiger partial charge >= 0.3 is 0 Å². The van der Waals surface area contributed by atoms with E-state index < -0.39 is 4.92 Å². The molecule has 5 heteroatoms. The van der Waals surface area contributed by atoms with Gasteiger partial charge in [-0.3, -0.25) is 10.1 Å². The maximum atomic E-state index is 10.3. The molecule has 64 valence electrons. The van der Waals surface area contributed by atoms with Crippen molar-refractivity contribution in [3.63, 3.8) is 0 Å². The monoisotopic (exact) mass is 167 g/mol. The van der Waals surface area contributed by atoms with E-state index in [4.69, 9.17) is 5.84 Å². The minimum atomic E-state index is -0.451. The fourth-order valence-electron chi connectivity index (χ4n) is 0.826. The third kappa shape index (κ3) is 1.70. The van der Waals surface area contributed by atoms with Gasteiger partial charge in [-0.25, -0.2) is 5.84 Å². The lowest BCUT2D eigenvalue weighted by Crippen LogP contribution is -2.24. The first-order chi connectivity index (χ1) is 5.61. The zero-order chi connectivity index (χ0) is 9.14. The number of nitro groups is 1. The van der Waals surface area contributed by atoms with E-state index in [0.29, 0.717) is 5.69 Å². The Balaban J connectivity index is 3.04. The SMILES string of the molecule is CN(N)c1cccc([N+](=O)[O-])c1. The summed E-state index contributed by atoms with van der Waals surface area (Å²) in [6.07, 6.45) is 0. The normalized spacial score (nSPS) is 9.50. The van der Waals surface area contributed by atoms with Crippen LogP contribution in [0.3, 0.4) is 0 Å². The summed E-state index contributed by atoms with van der Waals surface area (Å²) in [5.74, 6) is 5.39. The van der Waals surface area contributed by atoms with Crippen LogP contribution in [0.4, 0.5) is 11.4 Å². The van der Waals surface area contributed by atoms with Crippen LogP contribution in [-0.2, 0) is 0 Å². The van der Waals surface area contributed by atoms with Crippen molar-refractivity contribution >= 4 is 11.4 Å². The first-order valence-electron chi connectivity index (χ1n) is 3.34. The van der Waals surface area contributed by atoms with Gasteiger partial charge in [0.1, 0.15) is 0 Å². The lowest BCUT2D eigenvalue weighted by molar-refractivity contribution is -0.384. The lowest BCUT2D eigenvalue weighted by Gasteiger charge is -2.10. The van der Waals surface area contributed by atoms with Gasteiger partial charge in [0.25, 0.3) is 5.69 Å². The molecule has 0 aliphatic carbocycles. The quantitative estimate of drug-likeness (QED) is 0.403. The second kappa shape index (κ2) is 3.19. The first kappa shape index (κ1) is 8.48. The van der Waals surface area contributed by atoms with Crippen LogP contribution in [0.5, 0.6) is 0 Å². The van der Waals surface area contributed by atoms with Gasteiger partial charge in [0.05, 0.1) is 10.6 Å². The number of hydrazine groups is 1. The summed E-state index contributed by atoms with van der Waals surface area (Å²) in [7, 11) is 1.62. The van der Waals surface area contributed by atoms with E-state index in [2.05, 4.69) is 0 Å². The number of nitrogens with two attached hydrogens (primary N) is 1. The summed E-state index contributed by atoms with van der Waals surface area (Å²) in [5.41, 5.74) is 0.661. The number of hydrogen-bond acceptors (Lipinski definition) is 4. The van der Waals surface area contributed by atoms with Gasteiger partial charge < -0.3 is 5.01 Å². The van der Waals surface area contributed by atoms with Crippen LogP contribution in [0.1, 0.15) is 0 Å². The van der Waals surface area contributed by atoms with Gasteiger partial charge in [-0.2, -0.15) is 0 Å². The summed E-state index contributed by atoms with van der Waals surface area (Å²) in [6.45, 7) is 0. The highest BCUT2D eigenvalue weighted by Crippen LogP contribution is 2.17. The number of nitro benzene ring substituents is 1. The zero-order valence-corrected chi connectivity index (χ0v) is 6.60. The Bertz CT molecular complexity index is 298. The molecule has 0 aliphatic heterocycles. The third-order valence-electron chi connectivity index (χ3n) is 1.45. The molecule has 0 atom stereocenters. The lowest BCUT2D eigenvalue weighted by atomic mass is 10.3. The molecule has 1 aromatic rings. The molecule has 0 spiro atoms. The molecule has 5 nitrogen and oxygen atoms in total. The summed E-state index contributed by atoms with van der Waals surface area (Å²) < 4.78 is 0. The Morgan fingerprint density at radius 3 is 2.75 bits per heavy atom. The van der Waals surface area contributed by atoms with E-state index in [1.807, 2.05) is 0 Å². The van der Waals surface area contributed by atoms with Gasteiger partial charge in [-0.05, 0) is 6.07 Å². The number of nitrogens with zero attached hydrogens (tertiary/aromatic N) is 2. The average molecular weight is 167 g/mol. The molecule has 0 amide bonds. The molecule has 1 aromatic carbocycles. The van der Waals surface area contributed by atoms with E-state index in [1.165, 1.54) is 17.1 Å². The Labute approximate surface area is 69.5 Å². The zero-order valence-electron chi connectivity index (χ0n) is 6.60. The van der Waals surface area contributed by atoms with Gasteiger partial charge in [0.2, 0.25) is 0 Å². The van der Waals surface area contributed by atoms with Crippen molar-refractivity contribution in [1.82, 2.24) is 0 Å². The Hall–Kier alpha value is -1.62. The first-order valence-corrected chi connectivity index (χ1v) is 3.34. The average Bonchev–Trinajstić information content (AvgIpc) is 2.04. The molecule has 0 bridgehead atoms. The van der Waals surface area contributed by atoms with E-state index in [-0.39, 0.29) is 5.69 Å². The molecule has 1 rings (SSSR count). The highest BCUT2D eigenvalue weighted by molar-refractivity contribution is 5.51.